The molecular formula is C22H25Cl2N3O4. The summed E-state index contributed by atoms with van der Waals surface area (Å²) in [4.78, 5) is 18.2. The smallest absolute Gasteiger partial charge is 0.311 e. The second-order valence-electron chi connectivity index (χ2n) is 8.21. The highest BCUT2D eigenvalue weighted by Gasteiger charge is 2.45. The summed E-state index contributed by atoms with van der Waals surface area (Å²) < 4.78 is 6.07. The van der Waals surface area contributed by atoms with E-state index in [0.717, 1.165) is 24.3 Å². The first kappa shape index (κ1) is 22.1. The number of carboxylic acid groups (broad SMARTS) is 1. The van der Waals surface area contributed by atoms with Crippen LogP contribution in [0.1, 0.15) is 24.0 Å². The van der Waals surface area contributed by atoms with Gasteiger partial charge in [0, 0.05) is 31.3 Å². The third-order valence-electron chi connectivity index (χ3n) is 6.05. The molecule has 2 fully saturated rings. The summed E-state index contributed by atoms with van der Waals surface area (Å²) in [6.07, 6.45) is 2.62. The van der Waals surface area contributed by atoms with Crippen molar-refractivity contribution in [2.45, 2.75) is 31.5 Å². The Bertz CT molecular complexity index is 949. The minimum Gasteiger partial charge on any atom is -0.485 e. The molecule has 0 unspecified atom stereocenters. The molecule has 31 heavy (non-hydrogen) atoms. The third kappa shape index (κ3) is 4.46. The van der Waals surface area contributed by atoms with Crippen LogP contribution in [-0.2, 0) is 10.4 Å². The van der Waals surface area contributed by atoms with Crippen molar-refractivity contribution < 1.29 is 19.7 Å². The average Bonchev–Trinajstić information content (AvgIpc) is 3.19. The number of ether oxygens (including phenoxy) is 1. The molecule has 0 saturated carbocycles. The highest BCUT2D eigenvalue weighted by atomic mass is 35.5. The lowest BCUT2D eigenvalue weighted by Gasteiger charge is -2.38. The van der Waals surface area contributed by atoms with Gasteiger partial charge in [-0.15, -0.1) is 0 Å². The van der Waals surface area contributed by atoms with E-state index in [2.05, 4.69) is 15.2 Å². The molecule has 4 rings (SSSR count). The van der Waals surface area contributed by atoms with Crippen LogP contribution < -0.4 is 15.0 Å². The molecule has 7 nitrogen and oxygen atoms in total. The van der Waals surface area contributed by atoms with E-state index in [0.29, 0.717) is 40.9 Å². The maximum absolute atomic E-state index is 11.6. The summed E-state index contributed by atoms with van der Waals surface area (Å²) in [6.45, 7) is 4.08. The summed E-state index contributed by atoms with van der Waals surface area (Å²) in [5.41, 5.74) is 0.0636. The van der Waals surface area contributed by atoms with E-state index in [-0.39, 0.29) is 12.6 Å². The first-order valence-corrected chi connectivity index (χ1v) is 11.0. The van der Waals surface area contributed by atoms with Crippen molar-refractivity contribution in [3.8, 4) is 5.75 Å². The molecule has 0 bridgehead atoms. The standard InChI is InChI=1S/C22H25Cl2N3O4/c1-13-8-17(23)20(18(24)9-13)31-15-4-7-27(12-15)19-3-2-14(10-26-19)22(30)5-6-25-11-16(22)21(28)29/h2-3,8-10,15-16,25,30H,4-7,11-12H2,1H3,(H,28,29)/t15-,16-,22+/m1/s1. The highest BCUT2D eigenvalue weighted by molar-refractivity contribution is 6.37. The number of aliphatic hydroxyl groups is 1. The van der Waals surface area contributed by atoms with Crippen LogP contribution in [0, 0.1) is 12.8 Å². The Morgan fingerprint density at radius 1 is 1.32 bits per heavy atom. The van der Waals surface area contributed by atoms with Crippen LogP contribution in [-0.4, -0.2) is 53.4 Å². The fourth-order valence-corrected chi connectivity index (χ4v) is 5.02. The van der Waals surface area contributed by atoms with Crippen LogP contribution in [0.5, 0.6) is 5.75 Å². The molecule has 3 heterocycles. The zero-order chi connectivity index (χ0) is 22.2. The molecule has 166 valence electrons. The van der Waals surface area contributed by atoms with Crippen LogP contribution in [0.4, 0.5) is 5.82 Å². The highest BCUT2D eigenvalue weighted by Crippen LogP contribution is 2.37. The van der Waals surface area contributed by atoms with Gasteiger partial charge >= 0.3 is 5.97 Å². The minimum absolute atomic E-state index is 0.0795. The van der Waals surface area contributed by atoms with E-state index < -0.39 is 17.5 Å². The molecule has 2 saturated heterocycles. The van der Waals surface area contributed by atoms with Gasteiger partial charge in [0.2, 0.25) is 0 Å². The van der Waals surface area contributed by atoms with E-state index in [1.165, 1.54) is 0 Å². The Morgan fingerprint density at radius 3 is 2.71 bits per heavy atom. The predicted octanol–water partition coefficient (Wildman–Crippen LogP) is 3.24. The molecule has 3 atom stereocenters. The Kier molecular flexibility index (Phi) is 6.30. The van der Waals surface area contributed by atoms with Crippen LogP contribution >= 0.6 is 23.2 Å². The zero-order valence-corrected chi connectivity index (χ0v) is 18.7. The number of carboxylic acids is 1. The number of nitrogens with one attached hydrogen (secondary N) is 1. The van der Waals surface area contributed by atoms with Crippen molar-refractivity contribution in [3.63, 3.8) is 0 Å². The van der Waals surface area contributed by atoms with E-state index in [9.17, 15) is 15.0 Å². The summed E-state index contributed by atoms with van der Waals surface area (Å²) >= 11 is 12.6. The van der Waals surface area contributed by atoms with Crippen molar-refractivity contribution in [3.05, 3.63) is 51.6 Å². The molecule has 0 spiro atoms. The minimum atomic E-state index is -1.43. The lowest BCUT2D eigenvalue weighted by molar-refractivity contribution is -0.155. The third-order valence-corrected chi connectivity index (χ3v) is 6.61. The van der Waals surface area contributed by atoms with Crippen LogP contribution in [0.2, 0.25) is 10.0 Å². The predicted molar refractivity (Wildman–Crippen MR) is 119 cm³/mol. The first-order chi connectivity index (χ1) is 14.8. The maximum Gasteiger partial charge on any atom is 0.311 e. The number of aryl methyl sites for hydroxylation is 1. The maximum atomic E-state index is 11.6. The normalized spacial score (nSPS) is 26.1. The molecule has 9 heteroatoms. The second-order valence-corrected chi connectivity index (χ2v) is 9.02. The number of benzene rings is 1. The number of pyridine rings is 1. The average molecular weight is 466 g/mol. The number of rotatable bonds is 5. The topological polar surface area (TPSA) is 94.9 Å². The second kappa shape index (κ2) is 8.82. The van der Waals surface area contributed by atoms with Gasteiger partial charge in [0.25, 0.3) is 0 Å². The van der Waals surface area contributed by atoms with Crippen LogP contribution in [0.25, 0.3) is 0 Å². The van der Waals surface area contributed by atoms with Crippen molar-refractivity contribution in [2.75, 3.05) is 31.1 Å². The number of nitrogens with zero attached hydrogens (tertiary/aromatic N) is 2. The van der Waals surface area contributed by atoms with Crippen molar-refractivity contribution in [2.24, 2.45) is 5.92 Å². The summed E-state index contributed by atoms with van der Waals surface area (Å²) in [7, 11) is 0. The molecule has 2 aromatic rings. The van der Waals surface area contributed by atoms with Gasteiger partial charge in [-0.2, -0.15) is 0 Å². The van der Waals surface area contributed by atoms with E-state index >= 15 is 0 Å². The Labute approximate surface area is 190 Å². The fourth-order valence-electron chi connectivity index (χ4n) is 4.33. The number of anilines is 1. The van der Waals surface area contributed by atoms with Crippen molar-refractivity contribution in [1.29, 1.82) is 0 Å². The lowest BCUT2D eigenvalue weighted by atomic mass is 9.77. The molecule has 2 aliphatic heterocycles. The number of aromatic nitrogens is 1. The SMILES string of the molecule is Cc1cc(Cl)c(O[C@@H]2CCN(c3ccc([C@@]4(O)CCNC[C@@H]4C(=O)O)cn3)C2)c(Cl)c1. The van der Waals surface area contributed by atoms with Gasteiger partial charge < -0.3 is 25.2 Å². The Balaban J connectivity index is 1.45. The molecule has 0 radical (unpaired) electrons. The Morgan fingerprint density at radius 2 is 2.06 bits per heavy atom. The largest absolute Gasteiger partial charge is 0.485 e. The monoisotopic (exact) mass is 465 g/mol. The molecule has 1 aromatic carbocycles. The van der Waals surface area contributed by atoms with Gasteiger partial charge in [-0.05, 0) is 43.7 Å². The molecule has 3 N–H and O–H groups in total. The first-order valence-electron chi connectivity index (χ1n) is 10.3. The zero-order valence-electron chi connectivity index (χ0n) is 17.1. The summed E-state index contributed by atoms with van der Waals surface area (Å²) in [5.74, 6) is -0.688. The van der Waals surface area contributed by atoms with Gasteiger partial charge in [-0.25, -0.2) is 4.98 Å². The molecule has 2 aliphatic rings. The van der Waals surface area contributed by atoms with Gasteiger partial charge in [-0.3, -0.25) is 4.79 Å². The number of hydrogen-bond acceptors (Lipinski definition) is 6. The number of halogens is 2. The van der Waals surface area contributed by atoms with Gasteiger partial charge in [-0.1, -0.05) is 29.3 Å². The van der Waals surface area contributed by atoms with E-state index in [1.807, 2.05) is 25.1 Å². The van der Waals surface area contributed by atoms with Crippen LogP contribution in [0.15, 0.2) is 30.5 Å². The number of aliphatic carboxylic acids is 1. The molecule has 0 amide bonds. The van der Waals surface area contributed by atoms with Gasteiger partial charge in [0.05, 0.1) is 16.6 Å². The number of carbonyl (C=O) groups is 1. The van der Waals surface area contributed by atoms with Gasteiger partial charge in [0.15, 0.2) is 5.75 Å². The quantitative estimate of drug-likeness (QED) is 0.623. The van der Waals surface area contributed by atoms with E-state index in [4.69, 9.17) is 27.9 Å². The molecule has 1 aromatic heterocycles. The fraction of sp³-hybridized carbons (Fsp3) is 0.455. The van der Waals surface area contributed by atoms with Crippen molar-refractivity contribution in [1.82, 2.24) is 10.3 Å². The number of piperidine rings is 1. The summed E-state index contributed by atoms with van der Waals surface area (Å²) in [6, 6.07) is 7.24. The molecular weight excluding hydrogens is 441 g/mol. The lowest BCUT2D eigenvalue weighted by Crippen LogP contribution is -2.51. The molecule has 0 aliphatic carbocycles. The number of hydrogen-bond donors (Lipinski definition) is 3. The Hall–Kier alpha value is -2.06. The summed E-state index contributed by atoms with van der Waals surface area (Å²) in [5, 5.41) is 24.6. The van der Waals surface area contributed by atoms with E-state index in [1.54, 1.807) is 12.3 Å². The van der Waals surface area contributed by atoms with Crippen LogP contribution in [0.3, 0.4) is 0 Å². The van der Waals surface area contributed by atoms with Crippen molar-refractivity contribution >= 4 is 35.0 Å². The van der Waals surface area contributed by atoms with Gasteiger partial charge in [0.1, 0.15) is 23.4 Å².